The molecule has 5 heteroatoms. The van der Waals surface area contributed by atoms with E-state index in [1.54, 1.807) is 18.9 Å². The number of nitrogens with two attached hydrogens (primary N) is 1. The van der Waals surface area contributed by atoms with Gasteiger partial charge in [0.2, 0.25) is 11.8 Å². The van der Waals surface area contributed by atoms with Crippen molar-refractivity contribution in [1.29, 1.82) is 0 Å². The number of carbonyl (C=O) groups excluding carboxylic acids is 2. The summed E-state index contributed by atoms with van der Waals surface area (Å²) in [5.41, 5.74) is 5.15. The quantitative estimate of drug-likeness (QED) is 0.740. The fourth-order valence-corrected chi connectivity index (χ4v) is 2.11. The van der Waals surface area contributed by atoms with E-state index in [4.69, 9.17) is 5.73 Å². The Morgan fingerprint density at radius 3 is 2.82 bits per heavy atom. The van der Waals surface area contributed by atoms with E-state index < -0.39 is 5.54 Å². The number of rotatable bonds is 4. The van der Waals surface area contributed by atoms with E-state index in [2.05, 4.69) is 5.32 Å². The standard InChI is InChI=1S/C12H23N3O2/c1-4-7-12(2,13)11(17)14-9-5-6-10(16)15(3)8-9/h9H,4-8,13H2,1-3H3,(H,14,17). The Balaban J connectivity index is 2.49. The summed E-state index contributed by atoms with van der Waals surface area (Å²) in [6, 6.07) is 0.0323. The molecule has 1 aliphatic heterocycles. The fourth-order valence-electron chi connectivity index (χ4n) is 2.11. The average molecular weight is 241 g/mol. The van der Waals surface area contributed by atoms with Gasteiger partial charge in [-0.15, -0.1) is 0 Å². The number of nitrogens with zero attached hydrogens (tertiary/aromatic N) is 1. The van der Waals surface area contributed by atoms with Gasteiger partial charge in [-0.1, -0.05) is 13.3 Å². The molecule has 2 unspecified atom stereocenters. The molecule has 1 saturated heterocycles. The Bertz CT molecular complexity index is 302. The van der Waals surface area contributed by atoms with Gasteiger partial charge < -0.3 is 16.0 Å². The first-order valence-corrected chi connectivity index (χ1v) is 6.20. The van der Waals surface area contributed by atoms with Gasteiger partial charge in [0, 0.05) is 26.1 Å². The lowest BCUT2D eigenvalue weighted by Crippen LogP contribution is -2.57. The van der Waals surface area contributed by atoms with E-state index >= 15 is 0 Å². The number of piperidine rings is 1. The minimum Gasteiger partial charge on any atom is -0.350 e. The molecule has 17 heavy (non-hydrogen) atoms. The van der Waals surface area contributed by atoms with Crippen molar-refractivity contribution in [2.24, 2.45) is 5.73 Å². The van der Waals surface area contributed by atoms with E-state index in [1.165, 1.54) is 0 Å². The van der Waals surface area contributed by atoms with Crippen molar-refractivity contribution in [2.45, 2.75) is 51.1 Å². The molecule has 1 rings (SSSR count). The van der Waals surface area contributed by atoms with E-state index in [-0.39, 0.29) is 17.9 Å². The minimum atomic E-state index is -0.811. The van der Waals surface area contributed by atoms with Crippen molar-refractivity contribution in [3.8, 4) is 0 Å². The summed E-state index contributed by atoms with van der Waals surface area (Å²) in [7, 11) is 1.76. The van der Waals surface area contributed by atoms with Crippen LogP contribution < -0.4 is 11.1 Å². The SMILES string of the molecule is CCCC(C)(N)C(=O)NC1CCC(=O)N(C)C1. The molecule has 0 radical (unpaired) electrons. The third-order valence-electron chi connectivity index (χ3n) is 3.25. The first-order valence-electron chi connectivity index (χ1n) is 6.20. The highest BCUT2D eigenvalue weighted by Gasteiger charge is 2.31. The average Bonchev–Trinajstić information content (AvgIpc) is 2.23. The number of hydrogen-bond acceptors (Lipinski definition) is 3. The van der Waals surface area contributed by atoms with E-state index in [0.29, 0.717) is 25.8 Å². The van der Waals surface area contributed by atoms with Crippen LogP contribution in [0.15, 0.2) is 0 Å². The number of hydrogen-bond donors (Lipinski definition) is 2. The van der Waals surface area contributed by atoms with Crippen LogP contribution in [-0.2, 0) is 9.59 Å². The lowest BCUT2D eigenvalue weighted by Gasteiger charge is -2.32. The molecule has 1 heterocycles. The largest absolute Gasteiger partial charge is 0.350 e. The summed E-state index contributed by atoms with van der Waals surface area (Å²) in [5, 5.41) is 2.94. The topological polar surface area (TPSA) is 75.4 Å². The van der Waals surface area contributed by atoms with Crippen molar-refractivity contribution in [3.63, 3.8) is 0 Å². The second kappa shape index (κ2) is 5.49. The van der Waals surface area contributed by atoms with Crippen LogP contribution in [0.1, 0.15) is 39.5 Å². The molecule has 0 saturated carbocycles. The minimum absolute atomic E-state index is 0.0323. The Hall–Kier alpha value is -1.10. The van der Waals surface area contributed by atoms with Crippen LogP contribution in [0.5, 0.6) is 0 Å². The Morgan fingerprint density at radius 2 is 2.29 bits per heavy atom. The maximum atomic E-state index is 12.0. The molecule has 5 nitrogen and oxygen atoms in total. The maximum absolute atomic E-state index is 12.0. The van der Waals surface area contributed by atoms with Crippen LogP contribution in [0.25, 0.3) is 0 Å². The second-order valence-electron chi connectivity index (χ2n) is 5.15. The predicted molar refractivity (Wildman–Crippen MR) is 66.3 cm³/mol. The Kier molecular flexibility index (Phi) is 4.51. The molecule has 0 aliphatic carbocycles. The van der Waals surface area contributed by atoms with Crippen LogP contribution in [-0.4, -0.2) is 41.9 Å². The third kappa shape index (κ3) is 3.70. The van der Waals surface area contributed by atoms with E-state index in [9.17, 15) is 9.59 Å². The molecule has 2 amide bonds. The smallest absolute Gasteiger partial charge is 0.240 e. The van der Waals surface area contributed by atoms with Gasteiger partial charge in [-0.25, -0.2) is 0 Å². The molecule has 0 spiro atoms. The number of likely N-dealkylation sites (tertiary alicyclic amines) is 1. The molecule has 1 fully saturated rings. The molecule has 0 aromatic rings. The van der Waals surface area contributed by atoms with Gasteiger partial charge in [-0.3, -0.25) is 9.59 Å². The van der Waals surface area contributed by atoms with Crippen LogP contribution in [0.2, 0.25) is 0 Å². The second-order valence-corrected chi connectivity index (χ2v) is 5.15. The van der Waals surface area contributed by atoms with Crippen molar-refractivity contribution >= 4 is 11.8 Å². The zero-order chi connectivity index (χ0) is 13.1. The highest BCUT2D eigenvalue weighted by molar-refractivity contribution is 5.86. The van der Waals surface area contributed by atoms with Gasteiger partial charge in [0.05, 0.1) is 5.54 Å². The van der Waals surface area contributed by atoms with Gasteiger partial charge >= 0.3 is 0 Å². The van der Waals surface area contributed by atoms with Crippen molar-refractivity contribution in [3.05, 3.63) is 0 Å². The van der Waals surface area contributed by atoms with Crippen molar-refractivity contribution in [1.82, 2.24) is 10.2 Å². The molecule has 0 aromatic heterocycles. The van der Waals surface area contributed by atoms with Gasteiger partial charge in [-0.05, 0) is 19.8 Å². The van der Waals surface area contributed by atoms with E-state index in [0.717, 1.165) is 6.42 Å². The molecular formula is C12H23N3O2. The number of likely N-dealkylation sites (N-methyl/N-ethyl adjacent to an activating group) is 1. The molecule has 3 N–H and O–H groups in total. The summed E-state index contributed by atoms with van der Waals surface area (Å²) in [6.07, 6.45) is 2.75. The van der Waals surface area contributed by atoms with Crippen LogP contribution >= 0.6 is 0 Å². The lowest BCUT2D eigenvalue weighted by molar-refractivity contribution is -0.134. The first-order chi connectivity index (χ1) is 7.86. The van der Waals surface area contributed by atoms with E-state index in [1.807, 2.05) is 6.92 Å². The highest BCUT2D eigenvalue weighted by atomic mass is 16.2. The zero-order valence-electron chi connectivity index (χ0n) is 11.0. The Morgan fingerprint density at radius 1 is 1.65 bits per heavy atom. The van der Waals surface area contributed by atoms with Gasteiger partial charge in [-0.2, -0.15) is 0 Å². The molecular weight excluding hydrogens is 218 g/mol. The summed E-state index contributed by atoms with van der Waals surface area (Å²) in [6.45, 7) is 4.34. The molecule has 98 valence electrons. The number of carbonyl (C=O) groups is 2. The first kappa shape index (κ1) is 14.0. The monoisotopic (exact) mass is 241 g/mol. The van der Waals surface area contributed by atoms with Gasteiger partial charge in [0.1, 0.15) is 0 Å². The highest BCUT2D eigenvalue weighted by Crippen LogP contribution is 2.13. The molecule has 0 aromatic carbocycles. The molecule has 1 aliphatic rings. The fraction of sp³-hybridized carbons (Fsp3) is 0.833. The van der Waals surface area contributed by atoms with Crippen LogP contribution in [0.3, 0.4) is 0 Å². The van der Waals surface area contributed by atoms with Crippen molar-refractivity contribution in [2.75, 3.05) is 13.6 Å². The number of amides is 2. The third-order valence-corrected chi connectivity index (χ3v) is 3.25. The lowest BCUT2D eigenvalue weighted by atomic mass is 9.95. The van der Waals surface area contributed by atoms with Crippen LogP contribution in [0.4, 0.5) is 0 Å². The maximum Gasteiger partial charge on any atom is 0.240 e. The Labute approximate surface area is 103 Å². The molecule has 0 bridgehead atoms. The van der Waals surface area contributed by atoms with Crippen LogP contribution in [0, 0.1) is 0 Å². The van der Waals surface area contributed by atoms with Gasteiger partial charge in [0.15, 0.2) is 0 Å². The normalized spacial score (nSPS) is 24.4. The van der Waals surface area contributed by atoms with Gasteiger partial charge in [0.25, 0.3) is 0 Å². The zero-order valence-corrected chi connectivity index (χ0v) is 11.0. The summed E-state index contributed by atoms with van der Waals surface area (Å²) in [4.78, 5) is 24.9. The predicted octanol–water partition coefficient (Wildman–Crippen LogP) is 0.241. The summed E-state index contributed by atoms with van der Waals surface area (Å²) in [5.74, 6) is 0.0201. The number of nitrogens with one attached hydrogen (secondary N) is 1. The molecule has 2 atom stereocenters. The van der Waals surface area contributed by atoms with Crippen molar-refractivity contribution < 1.29 is 9.59 Å². The summed E-state index contributed by atoms with van der Waals surface area (Å²) >= 11 is 0. The summed E-state index contributed by atoms with van der Waals surface area (Å²) < 4.78 is 0.